The first-order valence-electron chi connectivity index (χ1n) is 8.74. The van der Waals surface area contributed by atoms with Crippen molar-refractivity contribution >= 4 is 40.7 Å². The molecule has 0 spiro atoms. The third-order valence-electron chi connectivity index (χ3n) is 4.64. The Hall–Kier alpha value is -2.72. The third-order valence-corrected chi connectivity index (χ3v) is 5.38. The number of benzene rings is 1. The molecule has 3 aromatic rings. The second-order valence-electron chi connectivity index (χ2n) is 6.80. The molecule has 2 N–H and O–H groups in total. The fourth-order valence-electron chi connectivity index (χ4n) is 3.24. The predicted molar refractivity (Wildman–Crippen MR) is 104 cm³/mol. The molecule has 0 aliphatic carbocycles. The van der Waals surface area contributed by atoms with Gasteiger partial charge in [-0.25, -0.2) is 4.68 Å². The van der Waals surface area contributed by atoms with E-state index in [0.717, 1.165) is 4.68 Å². The largest absolute Gasteiger partial charge is 0.410 e. The number of aromatic nitrogens is 3. The Morgan fingerprint density at radius 3 is 2.67 bits per heavy atom. The lowest BCUT2D eigenvalue weighted by Crippen LogP contribution is -2.35. The number of anilines is 2. The summed E-state index contributed by atoms with van der Waals surface area (Å²) in [5.41, 5.74) is 0.345. The van der Waals surface area contributed by atoms with E-state index in [1.807, 2.05) is 0 Å². The van der Waals surface area contributed by atoms with Gasteiger partial charge in [-0.15, -0.1) is 0 Å². The third kappa shape index (κ3) is 3.97. The second kappa shape index (κ2) is 7.51. The zero-order chi connectivity index (χ0) is 21.6. The highest BCUT2D eigenvalue weighted by atomic mass is 35.5. The van der Waals surface area contributed by atoms with Crippen molar-refractivity contribution in [2.75, 3.05) is 10.6 Å². The highest BCUT2D eigenvalue weighted by Crippen LogP contribution is 2.44. The van der Waals surface area contributed by atoms with Crippen LogP contribution in [0.2, 0.25) is 10.0 Å². The van der Waals surface area contributed by atoms with Crippen molar-refractivity contribution in [3.05, 3.63) is 57.4 Å². The molecule has 3 heterocycles. The van der Waals surface area contributed by atoms with Gasteiger partial charge in [0.05, 0.1) is 16.1 Å². The maximum Gasteiger partial charge on any atom is 0.410 e. The van der Waals surface area contributed by atoms with Crippen LogP contribution in [0.1, 0.15) is 40.3 Å². The molecule has 1 aromatic carbocycles. The lowest BCUT2D eigenvalue weighted by atomic mass is 9.97. The van der Waals surface area contributed by atoms with Crippen molar-refractivity contribution < 1.29 is 22.5 Å². The van der Waals surface area contributed by atoms with Crippen LogP contribution in [-0.2, 0) is 0 Å². The standard InChI is InChI=1S/C18H14Cl2F3N5O2/c1-8-4-15(27-30-8)25-17(29)13-7-16-24-12(9-2-3-10(19)11(20)5-9)6-14(18(21,22)23)28(16)26-13/h2-5,7,12,14,24H,6H2,1H3,(H,25,27,29)/t12-,14+/m0/s1. The number of fused-ring (bicyclic) bond motifs is 1. The molecule has 12 heteroatoms. The van der Waals surface area contributed by atoms with Gasteiger partial charge in [0.1, 0.15) is 11.6 Å². The number of nitrogens with one attached hydrogen (secondary N) is 2. The minimum Gasteiger partial charge on any atom is -0.363 e. The van der Waals surface area contributed by atoms with Gasteiger partial charge in [0, 0.05) is 18.6 Å². The van der Waals surface area contributed by atoms with Crippen LogP contribution in [0.15, 0.2) is 34.9 Å². The Balaban J connectivity index is 1.66. The van der Waals surface area contributed by atoms with Crippen molar-refractivity contribution in [1.29, 1.82) is 0 Å². The van der Waals surface area contributed by atoms with Crippen LogP contribution >= 0.6 is 23.2 Å². The number of aryl methyl sites for hydroxylation is 1. The van der Waals surface area contributed by atoms with Crippen molar-refractivity contribution in [2.24, 2.45) is 0 Å². The second-order valence-corrected chi connectivity index (χ2v) is 7.61. The van der Waals surface area contributed by atoms with Gasteiger partial charge in [-0.2, -0.15) is 18.3 Å². The molecule has 1 aliphatic rings. The Bertz CT molecular complexity index is 1110. The van der Waals surface area contributed by atoms with E-state index in [9.17, 15) is 18.0 Å². The summed E-state index contributed by atoms with van der Waals surface area (Å²) in [7, 11) is 0. The molecule has 1 aliphatic heterocycles. The summed E-state index contributed by atoms with van der Waals surface area (Å²) >= 11 is 11.9. The molecule has 30 heavy (non-hydrogen) atoms. The Kier molecular flexibility index (Phi) is 5.15. The van der Waals surface area contributed by atoms with Gasteiger partial charge in [-0.05, 0) is 24.6 Å². The number of halogens is 5. The number of amides is 1. The van der Waals surface area contributed by atoms with E-state index >= 15 is 0 Å². The van der Waals surface area contributed by atoms with Gasteiger partial charge in [0.2, 0.25) is 0 Å². The Morgan fingerprint density at radius 2 is 2.03 bits per heavy atom. The summed E-state index contributed by atoms with van der Waals surface area (Å²) in [4.78, 5) is 12.4. The molecule has 0 radical (unpaired) electrons. The monoisotopic (exact) mass is 459 g/mol. The summed E-state index contributed by atoms with van der Waals surface area (Å²) < 4.78 is 46.9. The fraction of sp³-hybridized carbons (Fsp3) is 0.278. The van der Waals surface area contributed by atoms with Crippen LogP contribution in [0.25, 0.3) is 0 Å². The van der Waals surface area contributed by atoms with Crippen LogP contribution < -0.4 is 10.6 Å². The molecule has 0 saturated heterocycles. The Morgan fingerprint density at radius 1 is 1.27 bits per heavy atom. The van der Waals surface area contributed by atoms with Crippen LogP contribution in [0, 0.1) is 6.92 Å². The van der Waals surface area contributed by atoms with Crippen LogP contribution in [0.4, 0.5) is 24.8 Å². The quantitative estimate of drug-likeness (QED) is 0.547. The average molecular weight is 460 g/mol. The van der Waals surface area contributed by atoms with Crippen LogP contribution in [0.5, 0.6) is 0 Å². The van der Waals surface area contributed by atoms with Crippen LogP contribution in [-0.4, -0.2) is 27.0 Å². The Labute approximate surface area is 178 Å². The highest BCUT2D eigenvalue weighted by molar-refractivity contribution is 6.42. The molecular formula is C18H14Cl2F3N5O2. The van der Waals surface area contributed by atoms with Gasteiger partial charge in [0.15, 0.2) is 17.6 Å². The summed E-state index contributed by atoms with van der Waals surface area (Å²) in [6, 6.07) is 4.74. The molecule has 0 unspecified atom stereocenters. The van der Waals surface area contributed by atoms with E-state index in [1.54, 1.807) is 13.0 Å². The van der Waals surface area contributed by atoms with Crippen molar-refractivity contribution in [2.45, 2.75) is 31.6 Å². The van der Waals surface area contributed by atoms with Crippen molar-refractivity contribution in [3.63, 3.8) is 0 Å². The maximum atomic E-state index is 13.8. The highest BCUT2D eigenvalue weighted by Gasteiger charge is 2.46. The van der Waals surface area contributed by atoms with E-state index in [2.05, 4.69) is 20.9 Å². The predicted octanol–water partition coefficient (Wildman–Crippen LogP) is 5.40. The van der Waals surface area contributed by atoms with E-state index < -0.39 is 24.2 Å². The lowest BCUT2D eigenvalue weighted by molar-refractivity contribution is -0.173. The number of rotatable bonds is 3. The van der Waals surface area contributed by atoms with Gasteiger partial charge in [-0.1, -0.05) is 34.4 Å². The van der Waals surface area contributed by atoms with Gasteiger partial charge in [0.25, 0.3) is 5.91 Å². The molecule has 7 nitrogen and oxygen atoms in total. The average Bonchev–Trinajstić information content (AvgIpc) is 3.28. The molecule has 4 rings (SSSR count). The number of carbonyl (C=O) groups is 1. The zero-order valence-electron chi connectivity index (χ0n) is 15.3. The van der Waals surface area contributed by atoms with Gasteiger partial charge < -0.3 is 15.2 Å². The van der Waals surface area contributed by atoms with E-state index in [0.29, 0.717) is 16.3 Å². The number of hydrogen-bond acceptors (Lipinski definition) is 5. The number of hydrogen-bond donors (Lipinski definition) is 2. The number of alkyl halides is 3. The van der Waals surface area contributed by atoms with Crippen LogP contribution in [0.3, 0.4) is 0 Å². The molecule has 1 amide bonds. The van der Waals surface area contributed by atoms with E-state index in [-0.39, 0.29) is 28.8 Å². The minimum atomic E-state index is -4.58. The van der Waals surface area contributed by atoms with E-state index in [1.165, 1.54) is 24.3 Å². The fourth-order valence-corrected chi connectivity index (χ4v) is 3.54. The number of carbonyl (C=O) groups excluding carboxylic acids is 1. The minimum absolute atomic E-state index is 0.0566. The summed E-state index contributed by atoms with van der Waals surface area (Å²) in [6.45, 7) is 1.64. The first kappa shape index (κ1) is 20.5. The molecule has 2 atom stereocenters. The first-order chi connectivity index (χ1) is 14.1. The van der Waals surface area contributed by atoms with Crippen molar-refractivity contribution in [1.82, 2.24) is 14.9 Å². The number of nitrogens with zero attached hydrogens (tertiary/aromatic N) is 3. The zero-order valence-corrected chi connectivity index (χ0v) is 16.8. The molecule has 2 aromatic heterocycles. The first-order valence-corrected chi connectivity index (χ1v) is 9.50. The smallest absolute Gasteiger partial charge is 0.363 e. The molecule has 0 saturated carbocycles. The van der Waals surface area contributed by atoms with E-state index in [4.69, 9.17) is 27.7 Å². The molecule has 158 valence electrons. The molecular weight excluding hydrogens is 446 g/mol. The normalized spacial score (nSPS) is 18.6. The molecule has 0 fully saturated rings. The summed E-state index contributed by atoms with van der Waals surface area (Å²) in [6.07, 6.45) is -4.91. The summed E-state index contributed by atoms with van der Waals surface area (Å²) in [5, 5.41) is 13.5. The van der Waals surface area contributed by atoms with Crippen molar-refractivity contribution in [3.8, 4) is 0 Å². The topological polar surface area (TPSA) is 85.0 Å². The van der Waals surface area contributed by atoms with Gasteiger partial charge >= 0.3 is 6.18 Å². The lowest BCUT2D eigenvalue weighted by Gasteiger charge is -2.33. The molecule has 0 bridgehead atoms. The SMILES string of the molecule is Cc1cc(NC(=O)c2cc3n(n2)[C@@H](C(F)(F)F)C[C@@H](c2ccc(Cl)c(Cl)c2)N3)no1. The maximum absolute atomic E-state index is 13.8. The van der Waals surface area contributed by atoms with Gasteiger partial charge in [-0.3, -0.25) is 4.79 Å². The summed E-state index contributed by atoms with van der Waals surface area (Å²) in [5.74, 6) is -0.0460.